The average Bonchev–Trinajstić information content (AvgIpc) is 2.58. The second-order valence-electron chi connectivity index (χ2n) is 4.84. The van der Waals surface area contributed by atoms with Crippen LogP contribution in [0, 0.1) is 6.92 Å². The summed E-state index contributed by atoms with van der Waals surface area (Å²) in [6.07, 6.45) is 0. The van der Waals surface area contributed by atoms with Crippen molar-refractivity contribution in [1.82, 2.24) is 10.9 Å². The lowest BCUT2D eigenvalue weighted by atomic mass is 10.2. The van der Waals surface area contributed by atoms with E-state index in [1.54, 1.807) is 37.4 Å². The van der Waals surface area contributed by atoms with Gasteiger partial charge in [-0.15, -0.1) is 0 Å². The maximum atomic E-state index is 11.9. The Morgan fingerprint density at radius 1 is 1.00 bits per heavy atom. The molecule has 2 rings (SSSR count). The fourth-order valence-corrected chi connectivity index (χ4v) is 1.83. The molecule has 0 saturated carbocycles. The number of aryl methyl sites for hydroxylation is 1. The number of hydrazine groups is 1. The zero-order valence-electron chi connectivity index (χ0n) is 13.0. The van der Waals surface area contributed by atoms with Gasteiger partial charge in [0, 0.05) is 5.56 Å². The molecule has 0 radical (unpaired) electrons. The third-order valence-electron chi connectivity index (χ3n) is 3.03. The summed E-state index contributed by atoms with van der Waals surface area (Å²) in [6, 6.07) is 13.9. The number of benzene rings is 2. The van der Waals surface area contributed by atoms with Gasteiger partial charge in [0.2, 0.25) is 0 Å². The van der Waals surface area contributed by atoms with Crippen LogP contribution in [0.3, 0.4) is 0 Å². The minimum Gasteiger partial charge on any atom is -0.497 e. The van der Waals surface area contributed by atoms with Crippen molar-refractivity contribution in [3.63, 3.8) is 0 Å². The SMILES string of the molecule is COc1ccc(C(=O)NNC(=O)COc2cccc(C)c2)cc1. The van der Waals surface area contributed by atoms with Gasteiger partial charge >= 0.3 is 0 Å². The Balaban J connectivity index is 1.78. The third-order valence-corrected chi connectivity index (χ3v) is 3.03. The summed E-state index contributed by atoms with van der Waals surface area (Å²) in [5, 5.41) is 0. The number of carbonyl (C=O) groups excluding carboxylic acids is 2. The highest BCUT2D eigenvalue weighted by atomic mass is 16.5. The molecule has 6 nitrogen and oxygen atoms in total. The van der Waals surface area contributed by atoms with E-state index in [4.69, 9.17) is 9.47 Å². The number of amides is 2. The highest BCUT2D eigenvalue weighted by Gasteiger charge is 2.08. The molecule has 0 heterocycles. The van der Waals surface area contributed by atoms with Crippen molar-refractivity contribution in [2.75, 3.05) is 13.7 Å². The zero-order valence-corrected chi connectivity index (χ0v) is 13.0. The first-order valence-corrected chi connectivity index (χ1v) is 7.01. The molecular formula is C17H18N2O4. The Labute approximate surface area is 134 Å². The van der Waals surface area contributed by atoms with Crippen molar-refractivity contribution < 1.29 is 19.1 Å². The van der Waals surface area contributed by atoms with E-state index >= 15 is 0 Å². The Hall–Kier alpha value is -3.02. The van der Waals surface area contributed by atoms with Gasteiger partial charge in [-0.3, -0.25) is 20.4 Å². The smallest absolute Gasteiger partial charge is 0.276 e. The number of rotatable bonds is 5. The summed E-state index contributed by atoms with van der Waals surface area (Å²) in [5.41, 5.74) is 6.07. The zero-order chi connectivity index (χ0) is 16.7. The monoisotopic (exact) mass is 314 g/mol. The van der Waals surface area contributed by atoms with Gasteiger partial charge in [-0.05, 0) is 48.9 Å². The quantitative estimate of drug-likeness (QED) is 0.826. The van der Waals surface area contributed by atoms with Crippen molar-refractivity contribution in [3.05, 3.63) is 59.7 Å². The molecule has 0 atom stereocenters. The number of methoxy groups -OCH3 is 1. The molecule has 0 aromatic heterocycles. The standard InChI is InChI=1S/C17H18N2O4/c1-12-4-3-5-15(10-12)23-11-16(20)18-19-17(21)13-6-8-14(22-2)9-7-13/h3-10H,11H2,1-2H3,(H,18,20)(H,19,21). The van der Waals surface area contributed by atoms with Gasteiger partial charge < -0.3 is 9.47 Å². The number of hydrogen-bond acceptors (Lipinski definition) is 4. The van der Waals surface area contributed by atoms with Crippen LogP contribution in [0.1, 0.15) is 15.9 Å². The van der Waals surface area contributed by atoms with E-state index < -0.39 is 11.8 Å². The van der Waals surface area contributed by atoms with Crippen LogP contribution < -0.4 is 20.3 Å². The van der Waals surface area contributed by atoms with Crippen LogP contribution >= 0.6 is 0 Å². The lowest BCUT2D eigenvalue weighted by Crippen LogP contribution is -2.43. The van der Waals surface area contributed by atoms with E-state index in [9.17, 15) is 9.59 Å². The second-order valence-corrected chi connectivity index (χ2v) is 4.84. The molecule has 2 N–H and O–H groups in total. The summed E-state index contributed by atoms with van der Waals surface area (Å²) in [4.78, 5) is 23.5. The molecule has 0 fully saturated rings. The maximum Gasteiger partial charge on any atom is 0.276 e. The average molecular weight is 314 g/mol. The molecule has 0 aliphatic carbocycles. The van der Waals surface area contributed by atoms with Gasteiger partial charge in [-0.2, -0.15) is 0 Å². The van der Waals surface area contributed by atoms with Crippen LogP contribution in [0.15, 0.2) is 48.5 Å². The van der Waals surface area contributed by atoms with E-state index in [-0.39, 0.29) is 6.61 Å². The molecule has 23 heavy (non-hydrogen) atoms. The van der Waals surface area contributed by atoms with Crippen LogP contribution in [0.25, 0.3) is 0 Å². The van der Waals surface area contributed by atoms with Crippen LogP contribution in [0.2, 0.25) is 0 Å². The predicted molar refractivity (Wildman–Crippen MR) is 85.3 cm³/mol. The van der Waals surface area contributed by atoms with Gasteiger partial charge in [0.15, 0.2) is 6.61 Å². The molecule has 0 spiro atoms. The van der Waals surface area contributed by atoms with Gasteiger partial charge in [-0.1, -0.05) is 12.1 Å². The molecule has 0 bridgehead atoms. The highest BCUT2D eigenvalue weighted by Crippen LogP contribution is 2.12. The number of ether oxygens (including phenoxy) is 2. The Morgan fingerprint density at radius 3 is 2.39 bits per heavy atom. The van der Waals surface area contributed by atoms with Gasteiger partial charge in [-0.25, -0.2) is 0 Å². The van der Waals surface area contributed by atoms with Crippen molar-refractivity contribution >= 4 is 11.8 Å². The number of carbonyl (C=O) groups is 2. The largest absolute Gasteiger partial charge is 0.497 e. The molecule has 2 aromatic rings. The van der Waals surface area contributed by atoms with Crippen LogP contribution in [0.5, 0.6) is 11.5 Å². The molecule has 6 heteroatoms. The van der Waals surface area contributed by atoms with Crippen LogP contribution in [0.4, 0.5) is 0 Å². The van der Waals surface area contributed by atoms with Crippen molar-refractivity contribution in [2.24, 2.45) is 0 Å². The minimum atomic E-state index is -0.451. The van der Waals surface area contributed by atoms with E-state index in [1.807, 2.05) is 25.1 Å². The van der Waals surface area contributed by atoms with Gasteiger partial charge in [0.05, 0.1) is 7.11 Å². The first-order valence-electron chi connectivity index (χ1n) is 7.01. The Kier molecular flexibility index (Phi) is 5.57. The molecule has 0 aliphatic rings. The van der Waals surface area contributed by atoms with Crippen molar-refractivity contribution in [2.45, 2.75) is 6.92 Å². The lowest BCUT2D eigenvalue weighted by Gasteiger charge is -2.09. The summed E-state index contributed by atoms with van der Waals surface area (Å²) >= 11 is 0. The fourth-order valence-electron chi connectivity index (χ4n) is 1.83. The van der Waals surface area contributed by atoms with Crippen LogP contribution in [-0.4, -0.2) is 25.5 Å². The molecule has 120 valence electrons. The van der Waals surface area contributed by atoms with E-state index in [2.05, 4.69) is 10.9 Å². The Bertz CT molecular complexity index is 683. The molecule has 0 aliphatic heterocycles. The normalized spacial score (nSPS) is 9.83. The molecule has 2 aromatic carbocycles. The summed E-state index contributed by atoms with van der Waals surface area (Å²) in [7, 11) is 1.55. The fraction of sp³-hybridized carbons (Fsp3) is 0.176. The minimum absolute atomic E-state index is 0.188. The van der Waals surface area contributed by atoms with Crippen molar-refractivity contribution in [3.8, 4) is 11.5 Å². The lowest BCUT2D eigenvalue weighted by molar-refractivity contribution is -0.123. The van der Waals surface area contributed by atoms with Crippen LogP contribution in [-0.2, 0) is 4.79 Å². The number of hydrogen-bond donors (Lipinski definition) is 2. The molecule has 0 unspecified atom stereocenters. The summed E-state index contributed by atoms with van der Waals surface area (Å²) in [6.45, 7) is 1.74. The van der Waals surface area contributed by atoms with E-state index in [0.29, 0.717) is 17.1 Å². The maximum absolute atomic E-state index is 11.9. The third kappa shape index (κ3) is 5.03. The first kappa shape index (κ1) is 16.4. The number of nitrogens with one attached hydrogen (secondary N) is 2. The highest BCUT2D eigenvalue weighted by molar-refractivity contribution is 5.95. The predicted octanol–water partition coefficient (Wildman–Crippen LogP) is 1.84. The van der Waals surface area contributed by atoms with Gasteiger partial charge in [0.1, 0.15) is 11.5 Å². The topological polar surface area (TPSA) is 76.7 Å². The Morgan fingerprint density at radius 2 is 1.74 bits per heavy atom. The summed E-state index contributed by atoms with van der Waals surface area (Å²) in [5.74, 6) is 0.378. The van der Waals surface area contributed by atoms with E-state index in [1.165, 1.54) is 0 Å². The molecular weight excluding hydrogens is 296 g/mol. The molecule has 0 saturated heterocycles. The van der Waals surface area contributed by atoms with Gasteiger partial charge in [0.25, 0.3) is 11.8 Å². The molecule has 2 amide bonds. The summed E-state index contributed by atoms with van der Waals surface area (Å²) < 4.78 is 10.3. The van der Waals surface area contributed by atoms with Crippen molar-refractivity contribution in [1.29, 1.82) is 0 Å². The second kappa shape index (κ2) is 7.84. The van der Waals surface area contributed by atoms with E-state index in [0.717, 1.165) is 5.56 Å². The first-order chi connectivity index (χ1) is 11.1.